The molecule has 0 radical (unpaired) electrons. The number of carboxylic acids is 1. The van der Waals surface area contributed by atoms with Crippen molar-refractivity contribution in [1.29, 1.82) is 0 Å². The van der Waals surface area contributed by atoms with Crippen LogP contribution in [0.5, 0.6) is 0 Å². The minimum absolute atomic E-state index is 0.186. The van der Waals surface area contributed by atoms with Crippen LogP contribution in [0.15, 0.2) is 0 Å². The molecule has 3 unspecified atom stereocenters. The van der Waals surface area contributed by atoms with Gasteiger partial charge in [-0.1, -0.05) is 6.92 Å². The summed E-state index contributed by atoms with van der Waals surface area (Å²) in [5.74, 6) is -0.284. The first kappa shape index (κ1) is 13.5. The Bertz CT molecular complexity index is 220. The maximum atomic E-state index is 10.4. The Morgan fingerprint density at radius 3 is 2.75 bits per heavy atom. The van der Waals surface area contributed by atoms with Gasteiger partial charge in [0.2, 0.25) is 0 Å². The molecule has 0 aliphatic heterocycles. The van der Waals surface area contributed by atoms with Gasteiger partial charge in [0.25, 0.3) is 0 Å². The van der Waals surface area contributed by atoms with Gasteiger partial charge in [0.05, 0.1) is 6.10 Å². The average molecular weight is 229 g/mol. The third kappa shape index (κ3) is 4.94. The molecule has 4 heteroatoms. The van der Waals surface area contributed by atoms with Gasteiger partial charge in [0.1, 0.15) is 0 Å². The number of aliphatic hydroxyl groups is 1. The van der Waals surface area contributed by atoms with Crippen LogP contribution in [0.4, 0.5) is 0 Å². The van der Waals surface area contributed by atoms with Crippen LogP contribution in [0.3, 0.4) is 0 Å². The van der Waals surface area contributed by atoms with Gasteiger partial charge < -0.3 is 15.5 Å². The summed E-state index contributed by atoms with van der Waals surface area (Å²) >= 11 is 0. The molecular weight excluding hydrogens is 206 g/mol. The molecule has 0 spiro atoms. The van der Waals surface area contributed by atoms with Crippen LogP contribution < -0.4 is 5.32 Å². The smallest absolute Gasteiger partial charge is 0.303 e. The second-order valence-electron chi connectivity index (χ2n) is 4.89. The molecule has 94 valence electrons. The predicted molar refractivity (Wildman–Crippen MR) is 62.3 cm³/mol. The third-order valence-electron chi connectivity index (χ3n) is 3.37. The Morgan fingerprint density at radius 1 is 1.44 bits per heavy atom. The van der Waals surface area contributed by atoms with Crippen LogP contribution >= 0.6 is 0 Å². The highest BCUT2D eigenvalue weighted by Gasteiger charge is 2.24. The summed E-state index contributed by atoms with van der Waals surface area (Å²) in [6, 6.07) is 0.256. The van der Waals surface area contributed by atoms with Crippen molar-refractivity contribution in [3.8, 4) is 0 Å². The summed E-state index contributed by atoms with van der Waals surface area (Å²) in [5, 5.41) is 21.5. The summed E-state index contributed by atoms with van der Waals surface area (Å²) in [6.07, 6.45) is 4.87. The standard InChI is InChI=1S/C12H23NO3/c1-9(5-6-12(15)16)7-8-13-10-3-2-4-11(10)14/h9-11,13-14H,2-8H2,1H3,(H,15,16). The van der Waals surface area contributed by atoms with Crippen LogP contribution in [0.2, 0.25) is 0 Å². The minimum Gasteiger partial charge on any atom is -0.481 e. The quantitative estimate of drug-likeness (QED) is 0.617. The van der Waals surface area contributed by atoms with Crippen LogP contribution in [0.1, 0.15) is 45.4 Å². The fraction of sp³-hybridized carbons (Fsp3) is 0.917. The molecule has 0 heterocycles. The lowest BCUT2D eigenvalue weighted by molar-refractivity contribution is -0.137. The van der Waals surface area contributed by atoms with Crippen molar-refractivity contribution in [2.24, 2.45) is 5.92 Å². The summed E-state index contributed by atoms with van der Waals surface area (Å²) in [4.78, 5) is 10.4. The Labute approximate surface area is 97.0 Å². The van der Waals surface area contributed by atoms with Crippen molar-refractivity contribution in [2.75, 3.05) is 6.54 Å². The number of hydrogen-bond acceptors (Lipinski definition) is 3. The zero-order chi connectivity index (χ0) is 12.0. The van der Waals surface area contributed by atoms with Crippen LogP contribution in [0, 0.1) is 5.92 Å². The van der Waals surface area contributed by atoms with Gasteiger partial charge in [-0.2, -0.15) is 0 Å². The maximum Gasteiger partial charge on any atom is 0.303 e. The molecule has 3 N–H and O–H groups in total. The van der Waals surface area contributed by atoms with E-state index in [0.717, 1.165) is 38.6 Å². The molecule has 0 bridgehead atoms. The highest BCUT2D eigenvalue weighted by molar-refractivity contribution is 5.66. The van der Waals surface area contributed by atoms with E-state index < -0.39 is 5.97 Å². The van der Waals surface area contributed by atoms with E-state index in [2.05, 4.69) is 12.2 Å². The second-order valence-corrected chi connectivity index (χ2v) is 4.89. The molecule has 0 saturated heterocycles. The SMILES string of the molecule is CC(CCNC1CCCC1O)CCC(=O)O. The van der Waals surface area contributed by atoms with E-state index in [0.29, 0.717) is 5.92 Å². The number of carbonyl (C=O) groups is 1. The zero-order valence-electron chi connectivity index (χ0n) is 9.98. The molecule has 1 saturated carbocycles. The minimum atomic E-state index is -0.717. The molecule has 4 nitrogen and oxygen atoms in total. The van der Waals surface area contributed by atoms with Gasteiger partial charge in [-0.15, -0.1) is 0 Å². The molecule has 1 fully saturated rings. The van der Waals surface area contributed by atoms with Gasteiger partial charge in [0.15, 0.2) is 0 Å². The Hall–Kier alpha value is -0.610. The number of rotatable bonds is 7. The zero-order valence-corrected chi connectivity index (χ0v) is 9.98. The Balaban J connectivity index is 2.03. The number of carboxylic acid groups (broad SMARTS) is 1. The first-order chi connectivity index (χ1) is 7.59. The topological polar surface area (TPSA) is 69.6 Å². The molecule has 16 heavy (non-hydrogen) atoms. The van der Waals surface area contributed by atoms with Crippen molar-refractivity contribution in [2.45, 2.75) is 57.6 Å². The molecule has 1 aliphatic rings. The molecule has 3 atom stereocenters. The van der Waals surface area contributed by atoms with Crippen molar-refractivity contribution >= 4 is 5.97 Å². The van der Waals surface area contributed by atoms with Gasteiger partial charge in [-0.3, -0.25) is 4.79 Å². The molecule has 1 aliphatic carbocycles. The van der Waals surface area contributed by atoms with E-state index in [1.165, 1.54) is 0 Å². The fourth-order valence-electron chi connectivity index (χ4n) is 2.21. The highest BCUT2D eigenvalue weighted by Crippen LogP contribution is 2.19. The number of aliphatic carboxylic acids is 1. The first-order valence-electron chi connectivity index (χ1n) is 6.23. The predicted octanol–water partition coefficient (Wildman–Crippen LogP) is 1.38. The van der Waals surface area contributed by atoms with Crippen molar-refractivity contribution in [3.05, 3.63) is 0 Å². The van der Waals surface area contributed by atoms with Crippen molar-refractivity contribution < 1.29 is 15.0 Å². The summed E-state index contributed by atoms with van der Waals surface area (Å²) in [6.45, 7) is 2.96. The van der Waals surface area contributed by atoms with E-state index in [-0.39, 0.29) is 18.6 Å². The Morgan fingerprint density at radius 2 is 2.19 bits per heavy atom. The van der Waals surface area contributed by atoms with Gasteiger partial charge in [-0.25, -0.2) is 0 Å². The van der Waals surface area contributed by atoms with E-state index >= 15 is 0 Å². The molecule has 1 rings (SSSR count). The summed E-state index contributed by atoms with van der Waals surface area (Å²) in [5.41, 5.74) is 0. The average Bonchev–Trinajstić information content (AvgIpc) is 2.61. The molecule has 0 aromatic rings. The largest absolute Gasteiger partial charge is 0.481 e. The van der Waals surface area contributed by atoms with Gasteiger partial charge in [0, 0.05) is 12.5 Å². The lowest BCUT2D eigenvalue weighted by atomic mass is 10.0. The second kappa shape index (κ2) is 6.86. The maximum absolute atomic E-state index is 10.4. The lowest BCUT2D eigenvalue weighted by Crippen LogP contribution is -2.36. The fourth-order valence-corrected chi connectivity index (χ4v) is 2.21. The van der Waals surface area contributed by atoms with Crippen molar-refractivity contribution in [3.63, 3.8) is 0 Å². The van der Waals surface area contributed by atoms with Crippen molar-refractivity contribution in [1.82, 2.24) is 5.32 Å². The van der Waals surface area contributed by atoms with Crippen LogP contribution in [0.25, 0.3) is 0 Å². The van der Waals surface area contributed by atoms with E-state index in [9.17, 15) is 9.90 Å². The van der Waals surface area contributed by atoms with E-state index in [1.54, 1.807) is 0 Å². The first-order valence-corrected chi connectivity index (χ1v) is 6.23. The molecule has 0 aromatic carbocycles. The van der Waals surface area contributed by atoms with E-state index in [4.69, 9.17) is 5.11 Å². The lowest BCUT2D eigenvalue weighted by Gasteiger charge is -2.18. The molecule has 0 aromatic heterocycles. The number of aliphatic hydroxyl groups excluding tert-OH is 1. The molecule has 0 amide bonds. The normalized spacial score (nSPS) is 26.9. The third-order valence-corrected chi connectivity index (χ3v) is 3.37. The summed E-state index contributed by atoms with van der Waals surface area (Å²) in [7, 11) is 0. The highest BCUT2D eigenvalue weighted by atomic mass is 16.4. The van der Waals surface area contributed by atoms with E-state index in [1.807, 2.05) is 0 Å². The van der Waals surface area contributed by atoms with Gasteiger partial charge in [-0.05, 0) is 44.6 Å². The molecular formula is C12H23NO3. The van der Waals surface area contributed by atoms with Crippen LogP contribution in [-0.2, 0) is 4.79 Å². The van der Waals surface area contributed by atoms with Gasteiger partial charge >= 0.3 is 5.97 Å². The van der Waals surface area contributed by atoms with Crippen LogP contribution in [-0.4, -0.2) is 34.9 Å². The Kier molecular flexibility index (Phi) is 5.77. The summed E-state index contributed by atoms with van der Waals surface area (Å²) < 4.78 is 0. The monoisotopic (exact) mass is 229 g/mol. The number of hydrogen-bond donors (Lipinski definition) is 3. The number of nitrogens with one attached hydrogen (secondary N) is 1.